The van der Waals surface area contributed by atoms with Gasteiger partial charge in [0.25, 0.3) is 5.91 Å². The maximum Gasteiger partial charge on any atom is 0.339 e. The molecule has 2 N–H and O–H groups in total. The molecule has 12 heteroatoms. The van der Waals surface area contributed by atoms with E-state index in [1.54, 1.807) is 43.7 Å². The third kappa shape index (κ3) is 5.78. The number of nitrogens with two attached hydrogens (primary N) is 1. The van der Waals surface area contributed by atoms with Gasteiger partial charge in [-0.3, -0.25) is 14.8 Å². The molecule has 0 aliphatic carbocycles. The standard InChI is InChI=1S/C30H29Cl2N5O5/c1-34-15-21(14-33)20-11-23(31)26(24(32)12-20)29(38)37-16-19-5-6-35-27(28(19)42-17-37)18-3-4-22(30(39)40-2)25(13-18)36-7-9-41-10-8-36/h3-6,11-15H,7-10,16-17,33H2,1-2H3. The van der Waals surface area contributed by atoms with E-state index in [1.807, 2.05) is 12.1 Å². The topological polar surface area (TPSA) is 120 Å². The number of aliphatic imine (C=N–C) groups is 1. The van der Waals surface area contributed by atoms with Gasteiger partial charge in [0.15, 0.2) is 12.5 Å². The zero-order valence-corrected chi connectivity index (χ0v) is 24.6. The number of ether oxygens (including phenoxy) is 3. The summed E-state index contributed by atoms with van der Waals surface area (Å²) in [5.74, 6) is -0.236. The van der Waals surface area contributed by atoms with Crippen LogP contribution in [0.15, 0.2) is 53.8 Å². The van der Waals surface area contributed by atoms with E-state index in [-0.39, 0.29) is 34.8 Å². The van der Waals surface area contributed by atoms with Crippen LogP contribution in [0.4, 0.5) is 5.69 Å². The molecule has 2 aliphatic heterocycles. The molecular formula is C30H29Cl2N5O5. The zero-order valence-electron chi connectivity index (χ0n) is 23.1. The number of methoxy groups -OCH3 is 1. The van der Waals surface area contributed by atoms with E-state index in [1.165, 1.54) is 18.2 Å². The van der Waals surface area contributed by atoms with Crippen LogP contribution in [-0.4, -0.2) is 75.2 Å². The van der Waals surface area contributed by atoms with Crippen molar-refractivity contribution in [2.45, 2.75) is 6.54 Å². The lowest BCUT2D eigenvalue weighted by Crippen LogP contribution is -2.38. The van der Waals surface area contributed by atoms with E-state index in [0.29, 0.717) is 54.4 Å². The lowest BCUT2D eigenvalue weighted by atomic mass is 10.0. The fourth-order valence-corrected chi connectivity index (χ4v) is 5.63. The summed E-state index contributed by atoms with van der Waals surface area (Å²) in [6.45, 7) is 2.63. The number of esters is 1. The highest BCUT2D eigenvalue weighted by atomic mass is 35.5. The van der Waals surface area contributed by atoms with Crippen molar-refractivity contribution in [1.82, 2.24) is 9.88 Å². The van der Waals surface area contributed by atoms with Crippen LogP contribution in [-0.2, 0) is 16.0 Å². The van der Waals surface area contributed by atoms with Gasteiger partial charge in [0, 0.05) is 55.4 Å². The van der Waals surface area contributed by atoms with E-state index in [4.69, 9.17) is 43.1 Å². The molecule has 2 aliphatic rings. The predicted octanol–water partition coefficient (Wildman–Crippen LogP) is 4.67. The molecule has 10 nitrogen and oxygen atoms in total. The molecule has 0 unspecified atom stereocenters. The molecular weight excluding hydrogens is 581 g/mol. The molecule has 5 rings (SSSR count). The fraction of sp³-hybridized carbons (Fsp3) is 0.267. The van der Waals surface area contributed by atoms with E-state index in [0.717, 1.165) is 16.8 Å². The summed E-state index contributed by atoms with van der Waals surface area (Å²) in [4.78, 5) is 38.3. The first-order chi connectivity index (χ1) is 20.4. The monoisotopic (exact) mass is 609 g/mol. The Balaban J connectivity index is 1.44. The Hall–Kier alpha value is -4.12. The Morgan fingerprint density at radius 2 is 1.86 bits per heavy atom. The number of halogens is 2. The number of aromatic nitrogens is 1. The van der Waals surface area contributed by atoms with Crippen molar-refractivity contribution in [1.29, 1.82) is 0 Å². The molecule has 0 saturated carbocycles. The molecule has 0 bridgehead atoms. The van der Waals surface area contributed by atoms with Crippen LogP contribution in [0.1, 0.15) is 31.8 Å². The van der Waals surface area contributed by atoms with Crippen LogP contribution in [0.3, 0.4) is 0 Å². The summed E-state index contributed by atoms with van der Waals surface area (Å²) in [5, 5.41) is 0.378. The van der Waals surface area contributed by atoms with Gasteiger partial charge >= 0.3 is 5.97 Å². The molecule has 1 amide bonds. The van der Waals surface area contributed by atoms with Gasteiger partial charge in [-0.15, -0.1) is 0 Å². The highest BCUT2D eigenvalue weighted by molar-refractivity contribution is 6.40. The molecule has 3 aromatic rings. The second-order valence-electron chi connectivity index (χ2n) is 9.57. The zero-order chi connectivity index (χ0) is 29.8. The number of benzene rings is 2. The smallest absolute Gasteiger partial charge is 0.339 e. The maximum absolute atomic E-state index is 13.6. The number of fused-ring (bicyclic) bond motifs is 1. The van der Waals surface area contributed by atoms with Gasteiger partial charge in [0.2, 0.25) is 0 Å². The van der Waals surface area contributed by atoms with Crippen molar-refractivity contribution in [3.8, 4) is 17.0 Å². The highest BCUT2D eigenvalue weighted by Crippen LogP contribution is 2.38. The Labute approximate surface area is 253 Å². The number of amides is 1. The molecule has 1 aromatic heterocycles. The average Bonchev–Trinajstić information content (AvgIpc) is 3.02. The summed E-state index contributed by atoms with van der Waals surface area (Å²) in [5.41, 5.74) is 10.5. The first kappa shape index (κ1) is 29.4. The number of anilines is 1. The normalized spacial score (nSPS) is 15.4. The van der Waals surface area contributed by atoms with Crippen molar-refractivity contribution in [2.24, 2.45) is 10.7 Å². The Morgan fingerprint density at radius 1 is 1.12 bits per heavy atom. The summed E-state index contributed by atoms with van der Waals surface area (Å²) < 4.78 is 16.6. The van der Waals surface area contributed by atoms with E-state index >= 15 is 0 Å². The van der Waals surface area contributed by atoms with Crippen molar-refractivity contribution in [2.75, 3.05) is 52.1 Å². The minimum Gasteiger partial charge on any atom is -0.470 e. The summed E-state index contributed by atoms with van der Waals surface area (Å²) in [7, 11) is 2.99. The SMILES string of the molecule is CN=CC(=CN)c1cc(Cl)c(C(=O)N2COc3c(ccnc3-c3ccc(C(=O)OC)c(N4CCOCC4)c3)C2)c(Cl)c1. The molecule has 1 fully saturated rings. The number of hydrogen-bond acceptors (Lipinski definition) is 9. The molecule has 218 valence electrons. The Kier molecular flexibility index (Phi) is 8.96. The van der Waals surface area contributed by atoms with Crippen LogP contribution >= 0.6 is 23.2 Å². The number of allylic oxidation sites excluding steroid dienone is 1. The summed E-state index contributed by atoms with van der Waals surface area (Å²) in [6.07, 6.45) is 4.64. The van der Waals surface area contributed by atoms with E-state index in [9.17, 15) is 9.59 Å². The summed E-state index contributed by atoms with van der Waals surface area (Å²) >= 11 is 13.1. The minimum atomic E-state index is -0.421. The Morgan fingerprint density at radius 3 is 2.52 bits per heavy atom. The number of morpholine rings is 1. The van der Waals surface area contributed by atoms with Crippen LogP contribution in [0.2, 0.25) is 10.0 Å². The maximum atomic E-state index is 13.6. The van der Waals surface area contributed by atoms with Gasteiger partial charge in [-0.25, -0.2) is 4.79 Å². The largest absolute Gasteiger partial charge is 0.470 e. The summed E-state index contributed by atoms with van der Waals surface area (Å²) in [6, 6.07) is 10.5. The van der Waals surface area contributed by atoms with Gasteiger partial charge in [0.1, 0.15) is 5.69 Å². The highest BCUT2D eigenvalue weighted by Gasteiger charge is 2.29. The molecule has 42 heavy (non-hydrogen) atoms. The number of hydrogen-bond donors (Lipinski definition) is 1. The van der Waals surface area contributed by atoms with E-state index in [2.05, 4.69) is 14.9 Å². The van der Waals surface area contributed by atoms with Crippen LogP contribution in [0.5, 0.6) is 5.75 Å². The van der Waals surface area contributed by atoms with Crippen molar-refractivity contribution >= 4 is 52.6 Å². The molecule has 1 saturated heterocycles. The van der Waals surface area contributed by atoms with Crippen LogP contribution < -0.4 is 15.4 Å². The first-order valence-corrected chi connectivity index (χ1v) is 13.9. The third-order valence-electron chi connectivity index (χ3n) is 7.06. The lowest BCUT2D eigenvalue weighted by molar-refractivity contribution is 0.0514. The van der Waals surface area contributed by atoms with Crippen LogP contribution in [0.25, 0.3) is 16.8 Å². The Bertz CT molecular complexity index is 1560. The van der Waals surface area contributed by atoms with Crippen molar-refractivity contribution in [3.63, 3.8) is 0 Å². The van der Waals surface area contributed by atoms with Gasteiger partial charge < -0.3 is 29.7 Å². The van der Waals surface area contributed by atoms with Gasteiger partial charge in [-0.1, -0.05) is 29.3 Å². The van der Waals surface area contributed by atoms with Gasteiger partial charge in [0.05, 0.1) is 53.7 Å². The lowest BCUT2D eigenvalue weighted by Gasteiger charge is -2.31. The number of nitrogens with zero attached hydrogens (tertiary/aromatic N) is 4. The van der Waals surface area contributed by atoms with Gasteiger partial charge in [-0.2, -0.15) is 0 Å². The molecule has 3 heterocycles. The third-order valence-corrected chi connectivity index (χ3v) is 7.66. The molecule has 2 aromatic carbocycles. The van der Waals surface area contributed by atoms with Crippen molar-refractivity contribution in [3.05, 3.63) is 81.1 Å². The fourth-order valence-electron chi connectivity index (χ4n) is 4.99. The second kappa shape index (κ2) is 12.8. The predicted molar refractivity (Wildman–Crippen MR) is 162 cm³/mol. The second-order valence-corrected chi connectivity index (χ2v) is 10.4. The number of carbonyl (C=O) groups is 2. The number of pyridine rings is 1. The van der Waals surface area contributed by atoms with Gasteiger partial charge in [-0.05, 0) is 35.9 Å². The minimum absolute atomic E-state index is 0.0358. The molecule has 0 spiro atoms. The number of rotatable bonds is 6. The number of carbonyl (C=O) groups excluding carboxylic acids is 2. The first-order valence-electron chi connectivity index (χ1n) is 13.1. The van der Waals surface area contributed by atoms with E-state index < -0.39 is 5.97 Å². The molecule has 0 radical (unpaired) electrons. The molecule has 0 atom stereocenters. The van der Waals surface area contributed by atoms with Crippen molar-refractivity contribution < 1.29 is 23.8 Å². The van der Waals surface area contributed by atoms with Crippen LogP contribution in [0, 0.1) is 0 Å². The quantitative estimate of drug-likeness (QED) is 0.316. The average molecular weight is 610 g/mol.